The maximum atomic E-state index is 13.2. The molecule has 0 aliphatic carbocycles. The Kier molecular flexibility index (Phi) is 9.21. The van der Waals surface area contributed by atoms with Crippen molar-refractivity contribution in [2.24, 2.45) is 0 Å². The van der Waals surface area contributed by atoms with Crippen molar-refractivity contribution in [1.82, 2.24) is 10.2 Å². The fourth-order valence-corrected chi connectivity index (χ4v) is 3.31. The fourth-order valence-electron chi connectivity index (χ4n) is 3.31. The third kappa shape index (κ3) is 6.75. The minimum Gasteiger partial charge on any atom is -0.492 e. The first-order valence-electron chi connectivity index (χ1n) is 8.81. The molecular formula is C18H27Cl2F2N3O2. The molecular weight excluding hydrogens is 399 g/mol. The number of hydrogen-bond acceptors (Lipinski definition) is 4. The van der Waals surface area contributed by atoms with Gasteiger partial charge in [0.15, 0.2) is 0 Å². The molecule has 1 amide bonds. The Hall–Kier alpha value is -1.15. The molecule has 2 saturated heterocycles. The molecule has 3 rings (SSSR count). The average Bonchev–Trinajstić information content (AvgIpc) is 3.19. The van der Waals surface area contributed by atoms with Crippen LogP contribution in [-0.2, 0) is 4.79 Å². The van der Waals surface area contributed by atoms with Gasteiger partial charge < -0.3 is 10.1 Å². The zero-order valence-corrected chi connectivity index (χ0v) is 16.9. The summed E-state index contributed by atoms with van der Waals surface area (Å²) >= 11 is 0. The summed E-state index contributed by atoms with van der Waals surface area (Å²) < 4.78 is 32.2. The van der Waals surface area contributed by atoms with Gasteiger partial charge >= 0.3 is 0 Å². The summed E-state index contributed by atoms with van der Waals surface area (Å²) in [6, 6.07) is 4.50. The number of nitrogens with zero attached hydrogens (tertiary/aromatic N) is 1. The normalized spacial score (nSPS) is 21.2. The molecule has 0 spiro atoms. The van der Waals surface area contributed by atoms with Gasteiger partial charge in [-0.25, -0.2) is 8.78 Å². The molecule has 1 atom stereocenters. The van der Waals surface area contributed by atoms with Crippen molar-refractivity contribution in [2.45, 2.75) is 38.2 Å². The fraction of sp³-hybridized carbons (Fsp3) is 0.611. The van der Waals surface area contributed by atoms with Crippen LogP contribution in [0.3, 0.4) is 0 Å². The number of hydrogen-bond donors (Lipinski definition) is 2. The number of aryl methyl sites for hydroxylation is 1. The number of anilines is 1. The van der Waals surface area contributed by atoms with Gasteiger partial charge in [0.1, 0.15) is 12.4 Å². The number of halogens is 4. The van der Waals surface area contributed by atoms with Crippen molar-refractivity contribution in [2.75, 3.05) is 38.1 Å². The minimum atomic E-state index is -2.81. The highest BCUT2D eigenvalue weighted by molar-refractivity contribution is 5.95. The summed E-state index contributed by atoms with van der Waals surface area (Å²) in [6.45, 7) is 5.28. The van der Waals surface area contributed by atoms with Gasteiger partial charge in [-0.3, -0.25) is 15.0 Å². The number of benzene rings is 1. The molecule has 0 aromatic heterocycles. The molecule has 2 aliphatic heterocycles. The van der Waals surface area contributed by atoms with E-state index in [1.54, 1.807) is 12.1 Å². The van der Waals surface area contributed by atoms with Crippen molar-refractivity contribution in [3.8, 4) is 5.75 Å². The maximum Gasteiger partial charge on any atom is 0.262 e. The van der Waals surface area contributed by atoms with Gasteiger partial charge in [-0.15, -0.1) is 24.8 Å². The zero-order valence-electron chi connectivity index (χ0n) is 15.3. The Morgan fingerprint density at radius 3 is 2.63 bits per heavy atom. The lowest BCUT2D eigenvalue weighted by Gasteiger charge is -2.16. The molecule has 2 N–H and O–H groups in total. The van der Waals surface area contributed by atoms with E-state index in [1.807, 2.05) is 13.0 Å². The van der Waals surface area contributed by atoms with Gasteiger partial charge in [0.25, 0.3) is 5.92 Å². The number of amides is 1. The van der Waals surface area contributed by atoms with E-state index in [0.717, 1.165) is 30.9 Å². The van der Waals surface area contributed by atoms with E-state index in [0.29, 0.717) is 12.3 Å². The highest BCUT2D eigenvalue weighted by Gasteiger charge is 2.42. The molecule has 1 aromatic carbocycles. The molecule has 0 saturated carbocycles. The molecule has 154 valence electrons. The second-order valence-electron chi connectivity index (χ2n) is 6.86. The Morgan fingerprint density at radius 2 is 2.04 bits per heavy atom. The van der Waals surface area contributed by atoms with E-state index in [9.17, 15) is 13.6 Å². The largest absolute Gasteiger partial charge is 0.492 e. The Balaban J connectivity index is 0.00000182. The van der Waals surface area contributed by atoms with Crippen LogP contribution in [0.1, 0.15) is 24.8 Å². The van der Waals surface area contributed by atoms with Gasteiger partial charge in [0, 0.05) is 18.7 Å². The first kappa shape index (κ1) is 23.9. The van der Waals surface area contributed by atoms with E-state index >= 15 is 0 Å². The molecule has 1 aromatic rings. The monoisotopic (exact) mass is 425 g/mol. The van der Waals surface area contributed by atoms with Crippen LogP contribution in [-0.4, -0.2) is 55.6 Å². The quantitative estimate of drug-likeness (QED) is 0.734. The van der Waals surface area contributed by atoms with Gasteiger partial charge in [-0.1, -0.05) is 0 Å². The van der Waals surface area contributed by atoms with Crippen molar-refractivity contribution < 1.29 is 18.3 Å². The lowest BCUT2D eigenvalue weighted by Crippen LogP contribution is -2.35. The number of carbonyl (C=O) groups excluding carboxylic acids is 1. The van der Waals surface area contributed by atoms with Crippen LogP contribution < -0.4 is 15.4 Å². The van der Waals surface area contributed by atoms with Crippen molar-refractivity contribution in [3.05, 3.63) is 23.8 Å². The van der Waals surface area contributed by atoms with Crippen LogP contribution in [0.15, 0.2) is 18.2 Å². The van der Waals surface area contributed by atoms with Crippen molar-refractivity contribution in [1.29, 1.82) is 0 Å². The summed E-state index contributed by atoms with van der Waals surface area (Å²) in [6.07, 6.45) is 2.06. The van der Waals surface area contributed by atoms with Crippen LogP contribution >= 0.6 is 24.8 Å². The van der Waals surface area contributed by atoms with Gasteiger partial charge in [0.2, 0.25) is 5.91 Å². The second-order valence-corrected chi connectivity index (χ2v) is 6.86. The van der Waals surface area contributed by atoms with E-state index < -0.39 is 30.8 Å². The molecule has 9 heteroatoms. The first-order valence-corrected chi connectivity index (χ1v) is 8.81. The molecule has 2 aliphatic rings. The summed E-state index contributed by atoms with van der Waals surface area (Å²) in [5, 5.41) is 5.25. The smallest absolute Gasteiger partial charge is 0.262 e. The number of likely N-dealkylation sites (tertiary alicyclic amines) is 1. The number of alkyl halides is 2. The lowest BCUT2D eigenvalue weighted by atomic mass is 10.1. The Bertz CT molecular complexity index is 629. The van der Waals surface area contributed by atoms with E-state index in [-0.39, 0.29) is 24.8 Å². The molecule has 2 fully saturated rings. The predicted octanol–water partition coefficient (Wildman–Crippen LogP) is 3.25. The topological polar surface area (TPSA) is 53.6 Å². The van der Waals surface area contributed by atoms with Crippen LogP contribution in [0.2, 0.25) is 0 Å². The molecule has 0 bridgehead atoms. The second kappa shape index (κ2) is 10.4. The third-order valence-electron chi connectivity index (χ3n) is 4.73. The highest BCUT2D eigenvalue weighted by Crippen LogP contribution is 2.27. The Morgan fingerprint density at radius 1 is 1.33 bits per heavy atom. The predicted molar refractivity (Wildman–Crippen MR) is 107 cm³/mol. The summed E-state index contributed by atoms with van der Waals surface area (Å²) in [5.41, 5.74) is 1.50. The van der Waals surface area contributed by atoms with Crippen LogP contribution in [0.5, 0.6) is 5.75 Å². The van der Waals surface area contributed by atoms with E-state index in [4.69, 9.17) is 4.74 Å². The molecule has 2 heterocycles. The molecule has 1 unspecified atom stereocenters. The maximum absolute atomic E-state index is 13.2. The number of ether oxygens (including phenoxy) is 1. The highest BCUT2D eigenvalue weighted by atomic mass is 35.5. The Labute approximate surface area is 171 Å². The van der Waals surface area contributed by atoms with Crippen LogP contribution in [0.4, 0.5) is 14.5 Å². The van der Waals surface area contributed by atoms with Gasteiger partial charge in [0.05, 0.1) is 12.6 Å². The minimum absolute atomic E-state index is 0. The zero-order chi connectivity index (χ0) is 17.9. The molecule has 27 heavy (non-hydrogen) atoms. The summed E-state index contributed by atoms with van der Waals surface area (Å²) in [7, 11) is 0. The lowest BCUT2D eigenvalue weighted by molar-refractivity contribution is -0.118. The van der Waals surface area contributed by atoms with E-state index in [1.165, 1.54) is 12.8 Å². The first-order chi connectivity index (χ1) is 11.9. The van der Waals surface area contributed by atoms with E-state index in [2.05, 4.69) is 15.5 Å². The number of rotatable bonds is 6. The van der Waals surface area contributed by atoms with Gasteiger partial charge in [-0.2, -0.15) is 0 Å². The molecule has 0 radical (unpaired) electrons. The average molecular weight is 426 g/mol. The van der Waals surface area contributed by atoms with Crippen LogP contribution in [0, 0.1) is 6.92 Å². The summed E-state index contributed by atoms with van der Waals surface area (Å²) in [5.74, 6) is -2.47. The number of carbonyl (C=O) groups is 1. The molecule has 5 nitrogen and oxygen atoms in total. The number of nitrogens with one attached hydrogen (secondary N) is 2. The summed E-state index contributed by atoms with van der Waals surface area (Å²) in [4.78, 5) is 14.5. The SMILES string of the molecule is Cc1cc(NC(=O)C2CC(F)(F)CN2)ccc1OCCN1CCCC1.Cl.Cl. The van der Waals surface area contributed by atoms with Gasteiger partial charge in [-0.05, 0) is 56.6 Å². The third-order valence-corrected chi connectivity index (χ3v) is 4.73. The van der Waals surface area contributed by atoms with Crippen molar-refractivity contribution in [3.63, 3.8) is 0 Å². The standard InChI is InChI=1S/C18H25F2N3O2.2ClH/c1-13-10-14(22-17(24)15-11-18(19,20)12-21-15)4-5-16(13)25-9-8-23-6-2-3-7-23;;/h4-5,10,15,21H,2-3,6-9,11-12H2,1H3,(H,22,24);2*1H. The van der Waals surface area contributed by atoms with Crippen molar-refractivity contribution >= 4 is 36.4 Å². The van der Waals surface area contributed by atoms with Crippen LogP contribution in [0.25, 0.3) is 0 Å².